The van der Waals surface area contributed by atoms with E-state index in [1.54, 1.807) is 25.3 Å². The summed E-state index contributed by atoms with van der Waals surface area (Å²) in [6, 6.07) is 3.56. The predicted octanol–water partition coefficient (Wildman–Crippen LogP) is 3.24. The lowest BCUT2D eigenvalue weighted by molar-refractivity contribution is 0.101. The number of ketones is 1. The van der Waals surface area contributed by atoms with Crippen molar-refractivity contribution < 1.29 is 9.53 Å². The van der Waals surface area contributed by atoms with Gasteiger partial charge in [0, 0.05) is 17.8 Å². The van der Waals surface area contributed by atoms with Gasteiger partial charge in [-0.15, -0.1) is 0 Å². The van der Waals surface area contributed by atoms with E-state index < -0.39 is 0 Å². The fourth-order valence-electron chi connectivity index (χ4n) is 2.31. The Labute approximate surface area is 102 Å². The first-order valence-electron chi connectivity index (χ1n) is 6.29. The van der Waals surface area contributed by atoms with Gasteiger partial charge in [0.25, 0.3) is 0 Å². The van der Waals surface area contributed by atoms with Gasteiger partial charge in [0.1, 0.15) is 6.10 Å². The molecule has 2 unspecified atom stereocenters. The highest BCUT2D eigenvalue weighted by Gasteiger charge is 2.20. The first-order valence-corrected chi connectivity index (χ1v) is 6.29. The van der Waals surface area contributed by atoms with E-state index in [0.29, 0.717) is 11.4 Å². The van der Waals surface area contributed by atoms with Crippen LogP contribution in [0.4, 0.5) is 0 Å². The molecular formula is C14H19NO2. The van der Waals surface area contributed by atoms with Crippen molar-refractivity contribution in [2.24, 2.45) is 5.92 Å². The molecule has 1 aromatic rings. The van der Waals surface area contributed by atoms with Crippen molar-refractivity contribution in [2.75, 3.05) is 0 Å². The number of nitrogens with zero attached hydrogens (tertiary/aromatic N) is 1. The number of pyridine rings is 1. The van der Waals surface area contributed by atoms with Crippen molar-refractivity contribution in [2.45, 2.75) is 45.6 Å². The first kappa shape index (κ1) is 12.1. The van der Waals surface area contributed by atoms with Gasteiger partial charge in [-0.3, -0.25) is 4.79 Å². The second-order valence-corrected chi connectivity index (χ2v) is 4.95. The van der Waals surface area contributed by atoms with Crippen LogP contribution < -0.4 is 4.74 Å². The van der Waals surface area contributed by atoms with Crippen LogP contribution in [0.25, 0.3) is 0 Å². The molecule has 1 fully saturated rings. The molecule has 0 N–H and O–H groups in total. The van der Waals surface area contributed by atoms with E-state index in [1.807, 2.05) is 0 Å². The van der Waals surface area contributed by atoms with Crippen molar-refractivity contribution in [3.63, 3.8) is 0 Å². The maximum absolute atomic E-state index is 11.1. The van der Waals surface area contributed by atoms with E-state index in [2.05, 4.69) is 11.9 Å². The largest absolute Gasteiger partial charge is 0.474 e. The van der Waals surface area contributed by atoms with Crippen LogP contribution >= 0.6 is 0 Å². The van der Waals surface area contributed by atoms with Gasteiger partial charge in [-0.25, -0.2) is 4.98 Å². The maximum Gasteiger partial charge on any atom is 0.213 e. The normalized spacial score (nSPS) is 24.4. The molecule has 1 aliphatic carbocycles. The summed E-state index contributed by atoms with van der Waals surface area (Å²) in [7, 11) is 0. The number of Topliss-reactive ketones (excluding diaryl/α,β-unsaturated/α-hetero) is 1. The molecule has 2 rings (SSSR count). The summed E-state index contributed by atoms with van der Waals surface area (Å²) in [5.74, 6) is 1.41. The number of hydrogen-bond acceptors (Lipinski definition) is 3. The van der Waals surface area contributed by atoms with Gasteiger partial charge in [0.05, 0.1) is 0 Å². The number of rotatable bonds is 3. The summed E-state index contributed by atoms with van der Waals surface area (Å²) in [6.45, 7) is 3.81. The summed E-state index contributed by atoms with van der Waals surface area (Å²) < 4.78 is 5.84. The molecule has 17 heavy (non-hydrogen) atoms. The zero-order chi connectivity index (χ0) is 12.3. The van der Waals surface area contributed by atoms with Gasteiger partial charge >= 0.3 is 0 Å². The molecule has 3 heteroatoms. The monoisotopic (exact) mass is 233 g/mol. The fraction of sp³-hybridized carbons (Fsp3) is 0.571. The molecule has 2 atom stereocenters. The van der Waals surface area contributed by atoms with E-state index >= 15 is 0 Å². The van der Waals surface area contributed by atoms with Crippen molar-refractivity contribution in [1.29, 1.82) is 0 Å². The van der Waals surface area contributed by atoms with Gasteiger partial charge in [-0.1, -0.05) is 13.3 Å². The Hall–Kier alpha value is -1.38. The molecule has 0 bridgehead atoms. The van der Waals surface area contributed by atoms with Crippen LogP contribution in [0.3, 0.4) is 0 Å². The van der Waals surface area contributed by atoms with Gasteiger partial charge in [-0.2, -0.15) is 0 Å². The Kier molecular flexibility index (Phi) is 3.77. The third kappa shape index (κ3) is 3.29. The van der Waals surface area contributed by atoms with Crippen LogP contribution in [0, 0.1) is 5.92 Å². The summed E-state index contributed by atoms with van der Waals surface area (Å²) in [5.41, 5.74) is 0.634. The second-order valence-electron chi connectivity index (χ2n) is 4.95. The highest BCUT2D eigenvalue weighted by Crippen LogP contribution is 2.26. The molecule has 92 valence electrons. The average molecular weight is 233 g/mol. The van der Waals surface area contributed by atoms with Crippen molar-refractivity contribution in [3.8, 4) is 5.88 Å². The molecule has 0 aromatic carbocycles. The van der Waals surface area contributed by atoms with E-state index in [1.165, 1.54) is 12.8 Å². The van der Waals surface area contributed by atoms with E-state index in [4.69, 9.17) is 4.74 Å². The minimum Gasteiger partial charge on any atom is -0.474 e. The predicted molar refractivity (Wildman–Crippen MR) is 66.3 cm³/mol. The summed E-state index contributed by atoms with van der Waals surface area (Å²) in [4.78, 5) is 15.3. The Morgan fingerprint density at radius 2 is 2.24 bits per heavy atom. The molecular weight excluding hydrogens is 214 g/mol. The molecule has 0 aliphatic heterocycles. The molecule has 1 aromatic heterocycles. The van der Waals surface area contributed by atoms with Crippen LogP contribution in [-0.4, -0.2) is 16.9 Å². The maximum atomic E-state index is 11.1. The lowest BCUT2D eigenvalue weighted by Crippen LogP contribution is -2.24. The van der Waals surface area contributed by atoms with Crippen LogP contribution in [0.1, 0.15) is 49.9 Å². The van der Waals surface area contributed by atoms with Gasteiger partial charge in [0.2, 0.25) is 5.88 Å². The topological polar surface area (TPSA) is 39.2 Å². The number of aromatic nitrogens is 1. The Bertz CT molecular complexity index is 386. The zero-order valence-electron chi connectivity index (χ0n) is 10.5. The van der Waals surface area contributed by atoms with Gasteiger partial charge in [-0.05, 0) is 38.2 Å². The average Bonchev–Trinajstić information content (AvgIpc) is 2.29. The molecule has 0 saturated heterocycles. The van der Waals surface area contributed by atoms with E-state index in [-0.39, 0.29) is 11.9 Å². The van der Waals surface area contributed by atoms with Crippen LogP contribution in [-0.2, 0) is 0 Å². The SMILES string of the molecule is CC(=O)c1ccc(OC2CCCC(C)C2)nc1. The highest BCUT2D eigenvalue weighted by atomic mass is 16.5. The highest BCUT2D eigenvalue weighted by molar-refractivity contribution is 5.93. The zero-order valence-corrected chi connectivity index (χ0v) is 10.5. The summed E-state index contributed by atoms with van der Waals surface area (Å²) in [6.07, 6.45) is 6.63. The Morgan fingerprint density at radius 1 is 1.41 bits per heavy atom. The summed E-state index contributed by atoms with van der Waals surface area (Å²) in [5, 5.41) is 0. The molecule has 0 radical (unpaired) electrons. The third-order valence-electron chi connectivity index (χ3n) is 3.32. The molecule has 1 heterocycles. The minimum absolute atomic E-state index is 0.0374. The molecule has 0 spiro atoms. The van der Waals surface area contributed by atoms with E-state index in [0.717, 1.165) is 18.8 Å². The molecule has 3 nitrogen and oxygen atoms in total. The fourth-order valence-corrected chi connectivity index (χ4v) is 2.31. The van der Waals surface area contributed by atoms with Gasteiger partial charge < -0.3 is 4.74 Å². The minimum atomic E-state index is 0.0374. The van der Waals surface area contributed by atoms with Crippen LogP contribution in [0.5, 0.6) is 5.88 Å². The third-order valence-corrected chi connectivity index (χ3v) is 3.32. The quantitative estimate of drug-likeness (QED) is 0.752. The van der Waals surface area contributed by atoms with Crippen molar-refractivity contribution >= 4 is 5.78 Å². The standard InChI is InChI=1S/C14H19NO2/c1-10-4-3-5-13(8-10)17-14-7-6-12(9-15-14)11(2)16/h6-7,9-10,13H,3-5,8H2,1-2H3. The number of ether oxygens (including phenoxy) is 1. The lowest BCUT2D eigenvalue weighted by Gasteiger charge is -2.26. The van der Waals surface area contributed by atoms with Gasteiger partial charge in [0.15, 0.2) is 5.78 Å². The first-order chi connectivity index (χ1) is 8.15. The second kappa shape index (κ2) is 5.30. The number of carbonyl (C=O) groups is 1. The molecule has 1 saturated carbocycles. The van der Waals surface area contributed by atoms with Crippen LogP contribution in [0.2, 0.25) is 0 Å². The Balaban J connectivity index is 1.96. The summed E-state index contributed by atoms with van der Waals surface area (Å²) >= 11 is 0. The lowest BCUT2D eigenvalue weighted by atomic mass is 9.89. The van der Waals surface area contributed by atoms with E-state index in [9.17, 15) is 4.79 Å². The van der Waals surface area contributed by atoms with Crippen LogP contribution in [0.15, 0.2) is 18.3 Å². The molecule has 0 amide bonds. The van der Waals surface area contributed by atoms with Crippen molar-refractivity contribution in [1.82, 2.24) is 4.98 Å². The number of carbonyl (C=O) groups excluding carboxylic acids is 1. The molecule has 1 aliphatic rings. The smallest absolute Gasteiger partial charge is 0.213 e. The number of hydrogen-bond donors (Lipinski definition) is 0. The Morgan fingerprint density at radius 3 is 2.82 bits per heavy atom. The van der Waals surface area contributed by atoms with Crippen molar-refractivity contribution in [3.05, 3.63) is 23.9 Å².